The van der Waals surface area contributed by atoms with Gasteiger partial charge in [0.05, 0.1) is 10.5 Å². The van der Waals surface area contributed by atoms with Crippen molar-refractivity contribution in [2.45, 2.75) is 17.4 Å². The molecule has 1 N–H and O–H groups in total. The standard InChI is InChI=1S/C21H13F7N2O5S/c1-36(32,33)14-4-2-3-12(8-14)30-18(31)15-7-11(20(23,24)25)10-29-19(15)34-17-6-5-13(9-16(17)22)35-21(26,27)28/h2-10H,1H3,(H,30,31). The van der Waals surface area contributed by atoms with Crippen LogP contribution in [0.3, 0.4) is 0 Å². The summed E-state index contributed by atoms with van der Waals surface area (Å²) in [5, 5.41) is 2.20. The lowest BCUT2D eigenvalue weighted by molar-refractivity contribution is -0.274. The third-order valence-corrected chi connectivity index (χ3v) is 5.40. The van der Waals surface area contributed by atoms with E-state index >= 15 is 0 Å². The Morgan fingerprint density at radius 2 is 1.69 bits per heavy atom. The van der Waals surface area contributed by atoms with E-state index in [0.717, 1.165) is 12.3 Å². The quantitative estimate of drug-likeness (QED) is 0.412. The number of aromatic nitrogens is 1. The highest BCUT2D eigenvalue weighted by molar-refractivity contribution is 7.90. The Morgan fingerprint density at radius 3 is 2.28 bits per heavy atom. The van der Waals surface area contributed by atoms with Gasteiger partial charge in [-0.05, 0) is 36.4 Å². The lowest BCUT2D eigenvalue weighted by Crippen LogP contribution is -2.17. The minimum atomic E-state index is -5.11. The van der Waals surface area contributed by atoms with Gasteiger partial charge in [0.15, 0.2) is 21.4 Å². The predicted octanol–water partition coefficient (Wildman–Crippen LogP) is 5.59. The number of alkyl halides is 6. The number of ether oxygens (including phenoxy) is 2. The predicted molar refractivity (Wildman–Crippen MR) is 110 cm³/mol. The van der Waals surface area contributed by atoms with Gasteiger partial charge >= 0.3 is 12.5 Å². The van der Waals surface area contributed by atoms with E-state index < -0.39 is 62.6 Å². The van der Waals surface area contributed by atoms with Crippen LogP contribution in [0.25, 0.3) is 0 Å². The molecular weight excluding hydrogens is 525 g/mol. The Balaban J connectivity index is 1.97. The number of hydrogen-bond donors (Lipinski definition) is 1. The first-order valence-corrected chi connectivity index (χ1v) is 11.3. The second kappa shape index (κ2) is 9.64. The Bertz CT molecular complexity index is 1410. The van der Waals surface area contributed by atoms with Crippen molar-refractivity contribution < 1.29 is 53.4 Å². The zero-order valence-electron chi connectivity index (χ0n) is 17.7. The molecule has 0 saturated carbocycles. The Kier molecular flexibility index (Phi) is 7.15. The van der Waals surface area contributed by atoms with Crippen LogP contribution in [0.15, 0.2) is 59.6 Å². The maximum absolute atomic E-state index is 14.3. The number of sulfone groups is 1. The summed E-state index contributed by atoms with van der Waals surface area (Å²) in [6.07, 6.45) is -8.84. The van der Waals surface area contributed by atoms with E-state index in [0.29, 0.717) is 30.5 Å². The number of pyridine rings is 1. The van der Waals surface area contributed by atoms with E-state index in [9.17, 15) is 43.9 Å². The summed E-state index contributed by atoms with van der Waals surface area (Å²) in [6, 6.07) is 6.83. The maximum atomic E-state index is 14.3. The van der Waals surface area contributed by atoms with Gasteiger partial charge in [-0.1, -0.05) is 6.07 Å². The summed E-state index contributed by atoms with van der Waals surface area (Å²) in [7, 11) is -3.68. The number of amides is 1. The third-order valence-electron chi connectivity index (χ3n) is 4.29. The van der Waals surface area contributed by atoms with Crippen molar-refractivity contribution in [1.82, 2.24) is 4.98 Å². The average Bonchev–Trinajstić information content (AvgIpc) is 2.73. The fourth-order valence-corrected chi connectivity index (χ4v) is 3.39. The zero-order valence-corrected chi connectivity index (χ0v) is 18.6. The van der Waals surface area contributed by atoms with Crippen molar-refractivity contribution in [3.8, 4) is 17.4 Å². The second-order valence-electron chi connectivity index (χ2n) is 7.07. The number of hydrogen-bond acceptors (Lipinski definition) is 6. The van der Waals surface area contributed by atoms with Crippen molar-refractivity contribution in [3.05, 3.63) is 71.7 Å². The molecule has 0 spiro atoms. The van der Waals surface area contributed by atoms with Gasteiger partial charge in [0.2, 0.25) is 5.88 Å². The van der Waals surface area contributed by atoms with E-state index in [4.69, 9.17) is 4.74 Å². The molecule has 0 unspecified atom stereocenters. The molecule has 1 amide bonds. The van der Waals surface area contributed by atoms with Crippen LogP contribution in [-0.4, -0.2) is 31.9 Å². The lowest BCUT2D eigenvalue weighted by atomic mass is 10.1. The highest BCUT2D eigenvalue weighted by atomic mass is 32.2. The summed E-state index contributed by atoms with van der Waals surface area (Å²) < 4.78 is 123. The molecular formula is C21H13F7N2O5S. The summed E-state index contributed by atoms with van der Waals surface area (Å²) >= 11 is 0. The molecule has 15 heteroatoms. The van der Waals surface area contributed by atoms with Gasteiger partial charge in [-0.25, -0.2) is 17.8 Å². The molecule has 36 heavy (non-hydrogen) atoms. The molecule has 1 heterocycles. The van der Waals surface area contributed by atoms with Gasteiger partial charge in [-0.3, -0.25) is 4.79 Å². The topological polar surface area (TPSA) is 94.6 Å². The molecule has 0 atom stereocenters. The van der Waals surface area contributed by atoms with Crippen LogP contribution in [0.4, 0.5) is 36.4 Å². The number of nitrogens with one attached hydrogen (secondary N) is 1. The van der Waals surface area contributed by atoms with Gasteiger partial charge in [0, 0.05) is 24.2 Å². The van der Waals surface area contributed by atoms with Crippen LogP contribution in [0.1, 0.15) is 15.9 Å². The number of halogens is 7. The first-order chi connectivity index (χ1) is 16.5. The molecule has 0 saturated heterocycles. The maximum Gasteiger partial charge on any atom is 0.573 e. The molecule has 0 aliphatic rings. The second-order valence-corrected chi connectivity index (χ2v) is 9.09. The van der Waals surface area contributed by atoms with Crippen LogP contribution in [0, 0.1) is 5.82 Å². The van der Waals surface area contributed by atoms with Crippen LogP contribution >= 0.6 is 0 Å². The monoisotopic (exact) mass is 538 g/mol. The highest BCUT2D eigenvalue weighted by Gasteiger charge is 2.34. The summed E-state index contributed by atoms with van der Waals surface area (Å²) in [4.78, 5) is 16.0. The van der Waals surface area contributed by atoms with Gasteiger partial charge in [-0.2, -0.15) is 13.2 Å². The van der Waals surface area contributed by atoms with Crippen molar-refractivity contribution in [2.75, 3.05) is 11.6 Å². The molecule has 7 nitrogen and oxygen atoms in total. The van der Waals surface area contributed by atoms with Crippen molar-refractivity contribution in [3.63, 3.8) is 0 Å². The highest BCUT2D eigenvalue weighted by Crippen LogP contribution is 2.35. The summed E-state index contributed by atoms with van der Waals surface area (Å²) in [5.41, 5.74) is -2.30. The molecule has 192 valence electrons. The normalized spacial score (nSPS) is 12.2. The average molecular weight is 538 g/mol. The van der Waals surface area contributed by atoms with Crippen LogP contribution < -0.4 is 14.8 Å². The fourth-order valence-electron chi connectivity index (χ4n) is 2.72. The molecule has 0 aliphatic heterocycles. The number of anilines is 1. The van der Waals surface area contributed by atoms with E-state index in [1.54, 1.807) is 0 Å². The molecule has 2 aromatic carbocycles. The Hall–Kier alpha value is -3.88. The first kappa shape index (κ1) is 26.7. The zero-order chi connectivity index (χ0) is 26.9. The summed E-state index contributed by atoms with van der Waals surface area (Å²) in [6.45, 7) is 0. The number of rotatable bonds is 6. The third kappa shape index (κ3) is 6.84. The van der Waals surface area contributed by atoms with Gasteiger partial charge in [0.25, 0.3) is 5.91 Å². The molecule has 3 rings (SSSR count). The van der Waals surface area contributed by atoms with Crippen molar-refractivity contribution in [1.29, 1.82) is 0 Å². The van der Waals surface area contributed by atoms with Crippen LogP contribution in [0.2, 0.25) is 0 Å². The number of nitrogens with zero attached hydrogens (tertiary/aromatic N) is 1. The fraction of sp³-hybridized carbons (Fsp3) is 0.143. The molecule has 1 aromatic heterocycles. The van der Waals surface area contributed by atoms with E-state index in [1.807, 2.05) is 0 Å². The smallest absolute Gasteiger partial charge is 0.435 e. The molecule has 0 aliphatic carbocycles. The molecule has 3 aromatic rings. The van der Waals surface area contributed by atoms with E-state index in [-0.39, 0.29) is 10.6 Å². The van der Waals surface area contributed by atoms with Gasteiger partial charge in [-0.15, -0.1) is 13.2 Å². The minimum Gasteiger partial charge on any atom is -0.435 e. The largest absolute Gasteiger partial charge is 0.573 e. The van der Waals surface area contributed by atoms with E-state index in [1.165, 1.54) is 18.2 Å². The van der Waals surface area contributed by atoms with Crippen LogP contribution in [-0.2, 0) is 16.0 Å². The minimum absolute atomic E-state index is 0.105. The SMILES string of the molecule is CS(=O)(=O)c1cccc(NC(=O)c2cc(C(F)(F)F)cnc2Oc2ccc(OC(F)(F)F)cc2F)c1. The molecule has 0 bridgehead atoms. The number of carbonyl (C=O) groups excluding carboxylic acids is 1. The lowest BCUT2D eigenvalue weighted by Gasteiger charge is -2.15. The van der Waals surface area contributed by atoms with Crippen LogP contribution in [0.5, 0.6) is 17.4 Å². The van der Waals surface area contributed by atoms with Gasteiger partial charge < -0.3 is 14.8 Å². The van der Waals surface area contributed by atoms with Gasteiger partial charge in [0.1, 0.15) is 11.3 Å². The molecule has 0 fully saturated rings. The Morgan fingerprint density at radius 1 is 1.00 bits per heavy atom. The van der Waals surface area contributed by atoms with E-state index in [2.05, 4.69) is 15.0 Å². The Labute approximate surface area is 198 Å². The van der Waals surface area contributed by atoms with Crippen molar-refractivity contribution in [2.24, 2.45) is 0 Å². The van der Waals surface area contributed by atoms with Crippen molar-refractivity contribution >= 4 is 21.4 Å². The first-order valence-electron chi connectivity index (χ1n) is 9.45. The number of benzene rings is 2. The molecule has 0 radical (unpaired) electrons. The summed E-state index contributed by atoms with van der Waals surface area (Å²) in [5.74, 6) is -5.15. The number of carbonyl (C=O) groups is 1.